The molecular weight excluding hydrogens is 366 g/mol. The highest BCUT2D eigenvalue weighted by molar-refractivity contribution is 6.76. The van der Waals surface area contributed by atoms with Crippen LogP contribution in [0.4, 0.5) is 0 Å². The summed E-state index contributed by atoms with van der Waals surface area (Å²) >= 11 is 0. The molecule has 0 N–H and O–H groups in total. The molecule has 0 unspecified atom stereocenters. The normalized spacial score (nSPS) is 11.6. The number of carbonyl (C=O) groups excluding carboxylic acids is 1. The van der Waals surface area contributed by atoms with E-state index in [4.69, 9.17) is 9.47 Å². The molecule has 0 amide bonds. The van der Waals surface area contributed by atoms with Crippen molar-refractivity contribution in [1.29, 1.82) is 0 Å². The third kappa shape index (κ3) is 4.86. The SMILES string of the molecule is COC(=O)c1cc(-c2cn(COCC[Si](C)(C)C)n(C)c2=O)c(=O)n(C)c1. The zero-order valence-corrected chi connectivity index (χ0v) is 17.7. The van der Waals surface area contributed by atoms with E-state index in [2.05, 4.69) is 19.6 Å². The summed E-state index contributed by atoms with van der Waals surface area (Å²) < 4.78 is 14.7. The Morgan fingerprint density at radius 3 is 2.33 bits per heavy atom. The van der Waals surface area contributed by atoms with Crippen LogP contribution in [-0.4, -0.2) is 41.7 Å². The number of esters is 1. The minimum absolute atomic E-state index is 0.154. The van der Waals surface area contributed by atoms with Gasteiger partial charge in [0.25, 0.3) is 11.1 Å². The highest BCUT2D eigenvalue weighted by Gasteiger charge is 2.18. The van der Waals surface area contributed by atoms with E-state index in [1.54, 1.807) is 17.9 Å². The molecule has 2 heterocycles. The number of rotatable bonds is 7. The molecule has 0 aliphatic carbocycles. The van der Waals surface area contributed by atoms with Crippen molar-refractivity contribution in [3.63, 3.8) is 0 Å². The van der Waals surface area contributed by atoms with Gasteiger partial charge in [0.15, 0.2) is 0 Å². The van der Waals surface area contributed by atoms with Crippen molar-refractivity contribution in [2.45, 2.75) is 32.4 Å². The fourth-order valence-electron chi connectivity index (χ4n) is 2.56. The van der Waals surface area contributed by atoms with Crippen molar-refractivity contribution in [2.75, 3.05) is 13.7 Å². The van der Waals surface area contributed by atoms with E-state index in [9.17, 15) is 14.4 Å². The van der Waals surface area contributed by atoms with E-state index >= 15 is 0 Å². The first-order chi connectivity index (χ1) is 12.5. The van der Waals surface area contributed by atoms with Crippen molar-refractivity contribution in [3.05, 3.63) is 44.7 Å². The molecule has 27 heavy (non-hydrogen) atoms. The van der Waals surface area contributed by atoms with Gasteiger partial charge in [-0.3, -0.25) is 19.0 Å². The van der Waals surface area contributed by atoms with Crippen molar-refractivity contribution in [2.24, 2.45) is 14.1 Å². The predicted octanol–water partition coefficient (Wildman–Crippen LogP) is 1.65. The van der Waals surface area contributed by atoms with Gasteiger partial charge >= 0.3 is 5.97 Å². The first kappa shape index (κ1) is 20.9. The summed E-state index contributed by atoms with van der Waals surface area (Å²) in [6.45, 7) is 7.64. The minimum Gasteiger partial charge on any atom is -0.465 e. The van der Waals surface area contributed by atoms with Crippen molar-refractivity contribution in [3.8, 4) is 11.1 Å². The number of ether oxygens (including phenoxy) is 2. The van der Waals surface area contributed by atoms with Crippen LogP contribution in [0.15, 0.2) is 28.0 Å². The number of methoxy groups -OCH3 is 1. The van der Waals surface area contributed by atoms with Crippen LogP contribution in [0.2, 0.25) is 25.7 Å². The Morgan fingerprint density at radius 2 is 1.74 bits per heavy atom. The van der Waals surface area contributed by atoms with Gasteiger partial charge in [-0.15, -0.1) is 0 Å². The predicted molar refractivity (Wildman–Crippen MR) is 106 cm³/mol. The summed E-state index contributed by atoms with van der Waals surface area (Å²) in [5.41, 5.74) is -0.115. The summed E-state index contributed by atoms with van der Waals surface area (Å²) in [5, 5.41) is 0. The van der Waals surface area contributed by atoms with Crippen LogP contribution < -0.4 is 11.1 Å². The highest BCUT2D eigenvalue weighted by atomic mass is 28.3. The molecule has 2 aromatic rings. The molecular formula is C18H27N3O5Si. The number of pyridine rings is 1. The maximum atomic E-state index is 12.6. The zero-order valence-electron chi connectivity index (χ0n) is 16.7. The Morgan fingerprint density at radius 1 is 1.07 bits per heavy atom. The maximum absolute atomic E-state index is 12.6. The lowest BCUT2D eigenvalue weighted by Crippen LogP contribution is -2.25. The van der Waals surface area contributed by atoms with E-state index in [-0.39, 0.29) is 34.5 Å². The van der Waals surface area contributed by atoms with Crippen molar-refractivity contribution >= 4 is 14.0 Å². The Kier molecular flexibility index (Phi) is 6.27. The molecule has 9 heteroatoms. The number of carbonyl (C=O) groups is 1. The smallest absolute Gasteiger partial charge is 0.339 e. The summed E-state index contributed by atoms with van der Waals surface area (Å²) in [6.07, 6.45) is 2.97. The molecule has 0 saturated carbocycles. The van der Waals surface area contributed by atoms with Crippen molar-refractivity contribution in [1.82, 2.24) is 13.9 Å². The monoisotopic (exact) mass is 393 g/mol. The molecule has 0 atom stereocenters. The van der Waals surface area contributed by atoms with E-state index in [1.165, 1.54) is 35.7 Å². The molecule has 0 saturated heterocycles. The molecule has 8 nitrogen and oxygen atoms in total. The van der Waals surface area contributed by atoms with Crippen LogP contribution in [0.1, 0.15) is 10.4 Å². The molecule has 0 aliphatic heterocycles. The molecule has 0 spiro atoms. The molecule has 0 aliphatic rings. The van der Waals surface area contributed by atoms with E-state index < -0.39 is 14.0 Å². The second-order valence-corrected chi connectivity index (χ2v) is 13.3. The Hall–Kier alpha value is -2.39. The van der Waals surface area contributed by atoms with Gasteiger partial charge in [-0.1, -0.05) is 19.6 Å². The number of hydrogen-bond donors (Lipinski definition) is 0. The molecule has 2 rings (SSSR count). The average Bonchev–Trinajstić information content (AvgIpc) is 2.87. The van der Waals surface area contributed by atoms with Gasteiger partial charge in [0.2, 0.25) is 0 Å². The number of nitrogens with zero attached hydrogens (tertiary/aromatic N) is 3. The van der Waals surface area contributed by atoms with Crippen LogP contribution >= 0.6 is 0 Å². The molecule has 148 valence electrons. The zero-order chi connectivity index (χ0) is 20.4. The lowest BCUT2D eigenvalue weighted by Gasteiger charge is -2.16. The standard InChI is InChI=1S/C18H27N3O5Si/c1-19-10-13(18(24)25-3)9-14(16(19)22)15-11-21(20(2)17(15)23)12-26-7-8-27(4,5)6/h9-11H,7-8,12H2,1-6H3. The van der Waals surface area contributed by atoms with Gasteiger partial charge in [0.05, 0.1) is 23.8 Å². The molecule has 0 radical (unpaired) electrons. The van der Waals surface area contributed by atoms with Gasteiger partial charge in [0, 0.05) is 41.2 Å². The quantitative estimate of drug-likeness (QED) is 0.406. The fraction of sp³-hybridized carbons (Fsp3) is 0.500. The van der Waals surface area contributed by atoms with Gasteiger partial charge in [-0.05, 0) is 12.1 Å². The maximum Gasteiger partial charge on any atom is 0.339 e. The molecule has 2 aromatic heterocycles. The average molecular weight is 394 g/mol. The second kappa shape index (κ2) is 8.09. The first-order valence-corrected chi connectivity index (χ1v) is 12.4. The van der Waals surface area contributed by atoms with E-state index in [0.717, 1.165) is 6.04 Å². The number of hydrogen-bond acceptors (Lipinski definition) is 5. The highest BCUT2D eigenvalue weighted by Crippen LogP contribution is 2.14. The first-order valence-electron chi connectivity index (χ1n) is 8.68. The van der Waals surface area contributed by atoms with E-state index in [1.807, 2.05) is 0 Å². The van der Waals surface area contributed by atoms with Crippen LogP contribution in [0.5, 0.6) is 0 Å². The number of aryl methyl sites for hydroxylation is 1. The fourth-order valence-corrected chi connectivity index (χ4v) is 3.32. The minimum atomic E-state index is -1.19. The van der Waals surface area contributed by atoms with Gasteiger partial charge < -0.3 is 14.0 Å². The summed E-state index contributed by atoms with van der Waals surface area (Å²) in [6, 6.07) is 2.41. The van der Waals surface area contributed by atoms with Gasteiger partial charge in [-0.25, -0.2) is 4.79 Å². The van der Waals surface area contributed by atoms with Crippen LogP contribution in [-0.2, 0) is 30.3 Å². The summed E-state index contributed by atoms with van der Waals surface area (Å²) in [5.74, 6) is -0.571. The third-order valence-corrected chi connectivity index (χ3v) is 6.01. The topological polar surface area (TPSA) is 84.5 Å². The molecule has 0 aromatic carbocycles. The third-order valence-electron chi connectivity index (χ3n) is 4.30. The lowest BCUT2D eigenvalue weighted by molar-refractivity contribution is 0.0599. The van der Waals surface area contributed by atoms with Crippen molar-refractivity contribution < 1.29 is 14.3 Å². The van der Waals surface area contributed by atoms with E-state index in [0.29, 0.717) is 6.61 Å². The lowest BCUT2D eigenvalue weighted by atomic mass is 10.1. The molecule has 0 bridgehead atoms. The Labute approximate surface area is 158 Å². The summed E-state index contributed by atoms with van der Waals surface area (Å²) in [4.78, 5) is 37.0. The van der Waals surface area contributed by atoms with Crippen LogP contribution in [0, 0.1) is 0 Å². The van der Waals surface area contributed by atoms with Gasteiger partial charge in [-0.2, -0.15) is 0 Å². The summed E-state index contributed by atoms with van der Waals surface area (Å²) in [7, 11) is 3.21. The van der Waals surface area contributed by atoms with Crippen LogP contribution in [0.25, 0.3) is 11.1 Å². The van der Waals surface area contributed by atoms with Crippen LogP contribution in [0.3, 0.4) is 0 Å². The second-order valence-electron chi connectivity index (χ2n) is 7.71. The van der Waals surface area contributed by atoms with Gasteiger partial charge in [0.1, 0.15) is 6.73 Å². The largest absolute Gasteiger partial charge is 0.465 e. The molecule has 0 fully saturated rings. The Balaban J connectivity index is 2.35. The number of aromatic nitrogens is 3. The Bertz CT molecular complexity index is 949.